The van der Waals surface area contributed by atoms with Crippen LogP contribution in [0.5, 0.6) is 11.5 Å². The van der Waals surface area contributed by atoms with Crippen LogP contribution in [0.25, 0.3) is 0 Å². The van der Waals surface area contributed by atoms with E-state index in [4.69, 9.17) is 15.2 Å². The molecule has 0 fully saturated rings. The summed E-state index contributed by atoms with van der Waals surface area (Å²) in [5, 5.41) is 2.77. The minimum Gasteiger partial charge on any atom is -0.497 e. The Kier molecular flexibility index (Phi) is 4.78. The van der Waals surface area contributed by atoms with E-state index >= 15 is 0 Å². The first kappa shape index (κ1) is 15.3. The maximum absolute atomic E-state index is 12.1. The van der Waals surface area contributed by atoms with Crippen molar-refractivity contribution in [2.24, 2.45) is 11.1 Å². The highest BCUT2D eigenvalue weighted by atomic mass is 16.5. The number of ether oxygens (including phenoxy) is 2. The highest BCUT2D eigenvalue weighted by molar-refractivity contribution is 5.96. The van der Waals surface area contributed by atoms with E-state index in [1.165, 1.54) is 0 Å². The minimum atomic E-state index is -0.608. The fraction of sp³-hybridized carbons (Fsp3) is 0.500. The van der Waals surface area contributed by atoms with Crippen molar-refractivity contribution in [1.82, 2.24) is 0 Å². The van der Waals surface area contributed by atoms with Crippen molar-refractivity contribution < 1.29 is 14.3 Å². The molecule has 1 rings (SSSR count). The summed E-state index contributed by atoms with van der Waals surface area (Å²) in [7, 11) is 3.11. The first-order valence-corrected chi connectivity index (χ1v) is 6.08. The lowest BCUT2D eigenvalue weighted by Crippen LogP contribution is -2.45. The van der Waals surface area contributed by atoms with E-state index in [-0.39, 0.29) is 11.3 Å². The molecule has 19 heavy (non-hydrogen) atoms. The summed E-state index contributed by atoms with van der Waals surface area (Å²) in [6, 6.07) is 4.59. The molecule has 106 valence electrons. The van der Waals surface area contributed by atoms with Crippen LogP contribution in [0.15, 0.2) is 18.2 Å². The van der Waals surface area contributed by atoms with Gasteiger partial charge in [-0.05, 0) is 17.5 Å². The van der Waals surface area contributed by atoms with Crippen molar-refractivity contribution in [3.8, 4) is 11.5 Å². The Bertz CT molecular complexity index is 452. The monoisotopic (exact) mass is 266 g/mol. The zero-order valence-corrected chi connectivity index (χ0v) is 12.1. The Balaban J connectivity index is 2.95. The second-order valence-corrected chi connectivity index (χ2v) is 5.40. The van der Waals surface area contributed by atoms with Crippen molar-refractivity contribution in [2.45, 2.75) is 26.8 Å². The van der Waals surface area contributed by atoms with E-state index in [1.54, 1.807) is 32.4 Å². The van der Waals surface area contributed by atoms with Crippen LogP contribution in [-0.2, 0) is 4.79 Å². The van der Waals surface area contributed by atoms with Crippen molar-refractivity contribution >= 4 is 11.6 Å². The topological polar surface area (TPSA) is 73.6 Å². The number of nitrogens with one attached hydrogen (secondary N) is 1. The van der Waals surface area contributed by atoms with Gasteiger partial charge in [0.2, 0.25) is 5.91 Å². The molecule has 0 bridgehead atoms. The van der Waals surface area contributed by atoms with Crippen molar-refractivity contribution in [2.75, 3.05) is 19.5 Å². The summed E-state index contributed by atoms with van der Waals surface area (Å²) in [5.74, 6) is 0.953. The maximum Gasteiger partial charge on any atom is 0.241 e. The van der Waals surface area contributed by atoms with Crippen LogP contribution >= 0.6 is 0 Å². The molecule has 0 radical (unpaired) electrons. The van der Waals surface area contributed by atoms with Gasteiger partial charge in [0.15, 0.2) is 0 Å². The summed E-state index contributed by atoms with van der Waals surface area (Å²) in [5.41, 5.74) is 6.16. The molecule has 5 nitrogen and oxygen atoms in total. The smallest absolute Gasteiger partial charge is 0.241 e. The lowest BCUT2D eigenvalue weighted by molar-refractivity contribution is -0.119. The van der Waals surface area contributed by atoms with Gasteiger partial charge < -0.3 is 20.5 Å². The standard InChI is InChI=1S/C14H22N2O3/c1-14(2,3)12(15)13(17)16-10-8-9(18-4)6-7-11(10)19-5/h6-8,12H,15H2,1-5H3,(H,16,17). The van der Waals surface area contributed by atoms with Crippen LogP contribution in [0, 0.1) is 5.41 Å². The predicted molar refractivity (Wildman–Crippen MR) is 75.6 cm³/mol. The summed E-state index contributed by atoms with van der Waals surface area (Å²) in [4.78, 5) is 12.1. The van der Waals surface area contributed by atoms with Gasteiger partial charge >= 0.3 is 0 Å². The number of nitrogens with two attached hydrogens (primary N) is 1. The number of hydrogen-bond donors (Lipinski definition) is 2. The van der Waals surface area contributed by atoms with Crippen LogP contribution in [-0.4, -0.2) is 26.2 Å². The first-order valence-electron chi connectivity index (χ1n) is 6.08. The summed E-state index contributed by atoms with van der Waals surface area (Å²) in [6.45, 7) is 5.75. The molecular weight excluding hydrogens is 244 g/mol. The normalized spacial score (nSPS) is 12.7. The molecule has 0 aromatic heterocycles. The Hall–Kier alpha value is -1.75. The average molecular weight is 266 g/mol. The molecule has 1 aromatic carbocycles. The number of hydrogen-bond acceptors (Lipinski definition) is 4. The molecular formula is C14H22N2O3. The summed E-state index contributed by atoms with van der Waals surface area (Å²) >= 11 is 0. The Labute approximate surface area is 114 Å². The fourth-order valence-corrected chi connectivity index (χ4v) is 1.52. The molecule has 0 aliphatic heterocycles. The quantitative estimate of drug-likeness (QED) is 0.874. The molecule has 0 heterocycles. The van der Waals surface area contributed by atoms with Crippen molar-refractivity contribution in [3.05, 3.63) is 18.2 Å². The second kappa shape index (κ2) is 5.93. The highest BCUT2D eigenvalue weighted by Gasteiger charge is 2.28. The number of methoxy groups -OCH3 is 2. The van der Waals surface area contributed by atoms with E-state index in [1.807, 2.05) is 20.8 Å². The van der Waals surface area contributed by atoms with E-state index in [0.29, 0.717) is 17.2 Å². The third kappa shape index (κ3) is 3.86. The fourth-order valence-electron chi connectivity index (χ4n) is 1.52. The van der Waals surface area contributed by atoms with Gasteiger partial charge in [0, 0.05) is 6.07 Å². The lowest BCUT2D eigenvalue weighted by atomic mass is 9.87. The first-order chi connectivity index (χ1) is 8.79. The van der Waals surface area contributed by atoms with Gasteiger partial charge in [-0.3, -0.25) is 4.79 Å². The maximum atomic E-state index is 12.1. The van der Waals surface area contributed by atoms with E-state index in [9.17, 15) is 4.79 Å². The van der Waals surface area contributed by atoms with Crippen molar-refractivity contribution in [3.63, 3.8) is 0 Å². The van der Waals surface area contributed by atoms with Crippen LogP contribution in [0.3, 0.4) is 0 Å². The zero-order chi connectivity index (χ0) is 14.6. The number of carbonyl (C=O) groups excluding carboxylic acids is 1. The Morgan fingerprint density at radius 1 is 1.26 bits per heavy atom. The second-order valence-electron chi connectivity index (χ2n) is 5.40. The molecule has 0 spiro atoms. The molecule has 3 N–H and O–H groups in total. The zero-order valence-electron chi connectivity index (χ0n) is 12.1. The highest BCUT2D eigenvalue weighted by Crippen LogP contribution is 2.29. The third-order valence-corrected chi connectivity index (χ3v) is 2.88. The molecule has 1 atom stereocenters. The van der Waals surface area contributed by atoms with Gasteiger partial charge in [-0.15, -0.1) is 0 Å². The van der Waals surface area contributed by atoms with Gasteiger partial charge in [-0.1, -0.05) is 20.8 Å². The molecule has 5 heteroatoms. The van der Waals surface area contributed by atoms with Crippen molar-refractivity contribution in [1.29, 1.82) is 0 Å². The molecule has 1 amide bonds. The predicted octanol–water partition coefficient (Wildman–Crippen LogP) is 2.02. The van der Waals surface area contributed by atoms with Gasteiger partial charge in [0.1, 0.15) is 11.5 Å². The van der Waals surface area contributed by atoms with Gasteiger partial charge in [0.25, 0.3) is 0 Å². The molecule has 0 saturated carbocycles. The van der Waals surface area contributed by atoms with Crippen LogP contribution in [0.4, 0.5) is 5.69 Å². The Morgan fingerprint density at radius 3 is 2.37 bits per heavy atom. The van der Waals surface area contributed by atoms with Gasteiger partial charge in [-0.25, -0.2) is 0 Å². The van der Waals surface area contributed by atoms with Crippen LogP contribution in [0.2, 0.25) is 0 Å². The number of benzene rings is 1. The van der Waals surface area contributed by atoms with Gasteiger partial charge in [0.05, 0.1) is 25.9 Å². The number of carbonyl (C=O) groups is 1. The van der Waals surface area contributed by atoms with Crippen LogP contribution < -0.4 is 20.5 Å². The lowest BCUT2D eigenvalue weighted by Gasteiger charge is -2.26. The average Bonchev–Trinajstić information content (AvgIpc) is 2.36. The molecule has 1 aromatic rings. The Morgan fingerprint density at radius 2 is 1.89 bits per heavy atom. The largest absolute Gasteiger partial charge is 0.497 e. The summed E-state index contributed by atoms with van der Waals surface area (Å²) in [6.07, 6.45) is 0. The third-order valence-electron chi connectivity index (χ3n) is 2.88. The van der Waals surface area contributed by atoms with E-state index in [2.05, 4.69) is 5.32 Å². The summed E-state index contributed by atoms with van der Waals surface area (Å²) < 4.78 is 10.3. The van der Waals surface area contributed by atoms with Gasteiger partial charge in [-0.2, -0.15) is 0 Å². The number of rotatable bonds is 4. The number of anilines is 1. The number of amides is 1. The molecule has 1 unspecified atom stereocenters. The van der Waals surface area contributed by atoms with E-state index < -0.39 is 6.04 Å². The molecule has 0 saturated heterocycles. The van der Waals surface area contributed by atoms with E-state index in [0.717, 1.165) is 0 Å². The minimum absolute atomic E-state index is 0.251. The SMILES string of the molecule is COc1ccc(OC)c(NC(=O)C(N)C(C)(C)C)c1. The molecule has 0 aliphatic rings. The van der Waals surface area contributed by atoms with Crippen LogP contribution in [0.1, 0.15) is 20.8 Å². The molecule has 0 aliphatic carbocycles.